The maximum Gasteiger partial charge on any atom is 0.491 e. The molecule has 0 amide bonds. The van der Waals surface area contributed by atoms with Gasteiger partial charge in [-0.15, -0.1) is 0 Å². The number of furan rings is 1. The van der Waals surface area contributed by atoms with Gasteiger partial charge in [-0.05, 0) is 44.1 Å². The van der Waals surface area contributed by atoms with Crippen LogP contribution in [0.3, 0.4) is 0 Å². The number of carbonyl (C=O) groups excluding carboxylic acids is 3. The molecule has 1 spiro atoms. The molecule has 0 unspecified atom stereocenters. The van der Waals surface area contributed by atoms with Crippen LogP contribution in [-0.2, 0) is 19.7 Å². The van der Waals surface area contributed by atoms with Crippen LogP contribution in [0, 0.1) is 0 Å². The lowest BCUT2D eigenvalue weighted by molar-refractivity contribution is -0.201. The van der Waals surface area contributed by atoms with Gasteiger partial charge in [0.05, 0.1) is 13.0 Å². The van der Waals surface area contributed by atoms with Crippen molar-refractivity contribution in [2.75, 3.05) is 26.2 Å². The second-order valence-electron chi connectivity index (χ2n) is 9.11. The number of carbonyl (C=O) groups is 3. The normalized spacial score (nSPS) is 17.1. The van der Waals surface area contributed by atoms with E-state index in [0.717, 1.165) is 10.9 Å². The largest absolute Gasteiger partial charge is 0.492 e. The van der Waals surface area contributed by atoms with E-state index in [9.17, 15) is 27.6 Å². The summed E-state index contributed by atoms with van der Waals surface area (Å²) in [5.41, 5.74) is 1.89. The zero-order valence-electron chi connectivity index (χ0n) is 19.1. The number of likely N-dealkylation sites (tertiary alicyclic amines) is 1. The highest BCUT2D eigenvalue weighted by atomic mass is 19.4. The van der Waals surface area contributed by atoms with Gasteiger partial charge < -0.3 is 18.8 Å². The molecule has 7 nitrogen and oxygen atoms in total. The van der Waals surface area contributed by atoms with Crippen molar-refractivity contribution >= 4 is 28.7 Å². The van der Waals surface area contributed by atoms with Crippen molar-refractivity contribution in [2.45, 2.75) is 30.9 Å². The molecule has 36 heavy (non-hydrogen) atoms. The zero-order valence-corrected chi connectivity index (χ0v) is 19.1. The fourth-order valence-corrected chi connectivity index (χ4v) is 4.83. The van der Waals surface area contributed by atoms with Crippen LogP contribution in [0.25, 0.3) is 11.0 Å². The molecule has 0 N–H and O–H groups in total. The predicted molar refractivity (Wildman–Crippen MR) is 121 cm³/mol. The highest BCUT2D eigenvalue weighted by Crippen LogP contribution is 2.46. The number of halogens is 3. The smallest absolute Gasteiger partial charge is 0.491 e. The van der Waals surface area contributed by atoms with E-state index in [4.69, 9.17) is 9.15 Å². The standard InChI is InChI=1S/C26H22F3NO6/c27-26(28,29)24(33)36-22(31)7-10-30-11-8-25(9-12-30)15-34-20-14-17(5-6-18(20)25)23(32)21-13-16-3-1-2-4-19(16)35-21/h1-6,13-14H,7-12,15H2. The SMILES string of the molecule is O=C(CCN1CCC2(CC1)COc1cc(C(=O)c3cc4ccccc4o3)ccc12)OC(=O)C(F)(F)F. The number of fused-ring (bicyclic) bond motifs is 3. The Morgan fingerprint density at radius 2 is 1.78 bits per heavy atom. The Kier molecular flexibility index (Phi) is 6.07. The number of rotatable bonds is 5. The van der Waals surface area contributed by atoms with Crippen LogP contribution in [0.15, 0.2) is 52.9 Å². The van der Waals surface area contributed by atoms with Crippen molar-refractivity contribution in [3.05, 3.63) is 65.4 Å². The Bertz CT molecular complexity index is 1300. The number of alkyl halides is 3. The molecule has 3 aromatic rings. The van der Waals surface area contributed by atoms with E-state index in [1.54, 1.807) is 24.3 Å². The molecule has 1 saturated heterocycles. The predicted octanol–water partition coefficient (Wildman–Crippen LogP) is 4.41. The van der Waals surface area contributed by atoms with Gasteiger partial charge >= 0.3 is 18.1 Å². The summed E-state index contributed by atoms with van der Waals surface area (Å²) in [4.78, 5) is 37.3. The van der Waals surface area contributed by atoms with Gasteiger partial charge in [0.25, 0.3) is 0 Å². The Hall–Kier alpha value is -3.66. The molecule has 2 aromatic carbocycles. The summed E-state index contributed by atoms with van der Waals surface area (Å²) in [7, 11) is 0. The highest BCUT2D eigenvalue weighted by Gasteiger charge is 2.44. The molecule has 0 atom stereocenters. The Morgan fingerprint density at radius 3 is 2.50 bits per heavy atom. The summed E-state index contributed by atoms with van der Waals surface area (Å²) in [5, 5.41) is 0.851. The molecule has 0 saturated carbocycles. The first-order valence-corrected chi connectivity index (χ1v) is 11.5. The van der Waals surface area contributed by atoms with E-state index in [-0.39, 0.29) is 29.9 Å². The van der Waals surface area contributed by atoms with Crippen molar-refractivity contribution in [1.29, 1.82) is 0 Å². The zero-order chi connectivity index (χ0) is 25.5. The molecule has 1 fully saturated rings. The van der Waals surface area contributed by atoms with E-state index in [1.807, 2.05) is 29.2 Å². The molecule has 2 aliphatic rings. The minimum absolute atomic E-state index is 0.193. The quantitative estimate of drug-likeness (QED) is 0.291. The molecule has 3 heterocycles. The monoisotopic (exact) mass is 501 g/mol. The topological polar surface area (TPSA) is 86.1 Å². The minimum Gasteiger partial charge on any atom is -0.492 e. The van der Waals surface area contributed by atoms with Gasteiger partial charge in [-0.1, -0.05) is 30.3 Å². The van der Waals surface area contributed by atoms with Gasteiger partial charge in [-0.2, -0.15) is 13.2 Å². The molecule has 5 rings (SSSR count). The van der Waals surface area contributed by atoms with E-state index >= 15 is 0 Å². The maximum absolute atomic E-state index is 13.0. The first kappa shape index (κ1) is 24.1. The van der Waals surface area contributed by atoms with Crippen LogP contribution in [0.2, 0.25) is 0 Å². The van der Waals surface area contributed by atoms with E-state index in [0.29, 0.717) is 49.4 Å². The molecule has 10 heteroatoms. The van der Waals surface area contributed by atoms with E-state index in [2.05, 4.69) is 4.74 Å². The van der Waals surface area contributed by atoms with Gasteiger partial charge in [0.1, 0.15) is 11.3 Å². The number of para-hydroxylation sites is 1. The number of ether oxygens (including phenoxy) is 2. The number of ketones is 1. The molecule has 2 aliphatic heterocycles. The Morgan fingerprint density at radius 1 is 1.03 bits per heavy atom. The summed E-state index contributed by atoms with van der Waals surface area (Å²) >= 11 is 0. The maximum atomic E-state index is 13.0. The lowest BCUT2D eigenvalue weighted by Crippen LogP contribution is -2.44. The van der Waals surface area contributed by atoms with Crippen molar-refractivity contribution in [3.8, 4) is 5.75 Å². The molecule has 0 radical (unpaired) electrons. The molecule has 0 bridgehead atoms. The van der Waals surface area contributed by atoms with Crippen LogP contribution in [0.5, 0.6) is 5.75 Å². The third-order valence-electron chi connectivity index (χ3n) is 6.85. The highest BCUT2D eigenvalue weighted by molar-refractivity contribution is 6.09. The summed E-state index contributed by atoms with van der Waals surface area (Å²) < 4.78 is 52.2. The Balaban J connectivity index is 1.20. The lowest BCUT2D eigenvalue weighted by Gasteiger charge is -2.38. The van der Waals surface area contributed by atoms with Crippen molar-refractivity contribution < 1.29 is 41.4 Å². The summed E-state index contributed by atoms with van der Waals surface area (Å²) in [6, 6.07) is 14.5. The summed E-state index contributed by atoms with van der Waals surface area (Å²) in [6.07, 6.45) is -4.07. The number of nitrogens with zero attached hydrogens (tertiary/aromatic N) is 1. The van der Waals surface area contributed by atoms with Crippen LogP contribution in [0.1, 0.15) is 40.9 Å². The average molecular weight is 501 g/mol. The van der Waals surface area contributed by atoms with E-state index < -0.39 is 18.1 Å². The van der Waals surface area contributed by atoms with Gasteiger partial charge in [-0.3, -0.25) is 9.59 Å². The molecule has 0 aliphatic carbocycles. The molecule has 188 valence electrons. The fraction of sp³-hybridized carbons (Fsp3) is 0.346. The van der Waals surface area contributed by atoms with Gasteiger partial charge in [0.2, 0.25) is 5.78 Å². The van der Waals surface area contributed by atoms with Gasteiger partial charge in [-0.25, -0.2) is 4.79 Å². The lowest BCUT2D eigenvalue weighted by atomic mass is 9.74. The van der Waals surface area contributed by atoms with Gasteiger partial charge in [0.15, 0.2) is 5.76 Å². The average Bonchev–Trinajstić information content (AvgIpc) is 3.44. The molecular weight excluding hydrogens is 479 g/mol. The first-order chi connectivity index (χ1) is 17.1. The second kappa shape index (κ2) is 9.09. The third-order valence-corrected chi connectivity index (χ3v) is 6.85. The number of hydrogen-bond donors (Lipinski definition) is 0. The molecular formula is C26H22F3NO6. The number of esters is 2. The van der Waals surface area contributed by atoms with Crippen LogP contribution in [-0.4, -0.2) is 55.0 Å². The third kappa shape index (κ3) is 4.60. The number of hydrogen-bond acceptors (Lipinski definition) is 7. The van der Waals surface area contributed by atoms with Crippen molar-refractivity contribution in [2.24, 2.45) is 0 Å². The van der Waals surface area contributed by atoms with Crippen LogP contribution < -0.4 is 4.74 Å². The molecule has 1 aromatic heterocycles. The number of benzene rings is 2. The van der Waals surface area contributed by atoms with Crippen LogP contribution in [0.4, 0.5) is 13.2 Å². The van der Waals surface area contributed by atoms with Crippen molar-refractivity contribution in [1.82, 2.24) is 4.90 Å². The Labute approximate surface area is 203 Å². The summed E-state index contributed by atoms with van der Waals surface area (Å²) in [6.45, 7) is 1.85. The van der Waals surface area contributed by atoms with E-state index in [1.165, 1.54) is 0 Å². The van der Waals surface area contributed by atoms with Crippen molar-refractivity contribution in [3.63, 3.8) is 0 Å². The minimum atomic E-state index is -5.19. The first-order valence-electron chi connectivity index (χ1n) is 11.5. The van der Waals surface area contributed by atoms with Crippen LogP contribution >= 0.6 is 0 Å². The fourth-order valence-electron chi connectivity index (χ4n) is 4.83. The number of piperidine rings is 1. The summed E-state index contributed by atoms with van der Waals surface area (Å²) in [5.74, 6) is -3.02. The second-order valence-corrected chi connectivity index (χ2v) is 9.11. The van der Waals surface area contributed by atoms with Gasteiger partial charge in [0, 0.05) is 28.5 Å².